The summed E-state index contributed by atoms with van der Waals surface area (Å²) >= 11 is 1.95. The van der Waals surface area contributed by atoms with E-state index >= 15 is 0 Å². The number of hydrogen-bond acceptors (Lipinski definition) is 4. The van der Waals surface area contributed by atoms with Gasteiger partial charge in [-0.1, -0.05) is 12.8 Å². The van der Waals surface area contributed by atoms with Gasteiger partial charge in [0, 0.05) is 57.3 Å². The van der Waals surface area contributed by atoms with Crippen molar-refractivity contribution in [3.63, 3.8) is 0 Å². The summed E-state index contributed by atoms with van der Waals surface area (Å²) < 4.78 is 0. The van der Waals surface area contributed by atoms with Crippen molar-refractivity contribution in [2.45, 2.75) is 38.6 Å². The highest BCUT2D eigenvalue weighted by molar-refractivity contribution is 7.99. The SMILES string of the molecule is CCNC(=O)N1CCN([C@@H](C(=O)N2CCSCC2)C2CCCC2)CC1. The van der Waals surface area contributed by atoms with E-state index in [2.05, 4.69) is 15.1 Å². The lowest BCUT2D eigenvalue weighted by atomic mass is 9.94. The summed E-state index contributed by atoms with van der Waals surface area (Å²) in [4.78, 5) is 31.7. The summed E-state index contributed by atoms with van der Waals surface area (Å²) in [7, 11) is 0. The zero-order chi connectivity index (χ0) is 17.6. The number of thioether (sulfide) groups is 1. The van der Waals surface area contributed by atoms with Crippen LogP contribution in [-0.4, -0.2) is 90.0 Å². The van der Waals surface area contributed by atoms with Crippen LogP contribution in [0.4, 0.5) is 4.79 Å². The van der Waals surface area contributed by atoms with E-state index in [1.807, 2.05) is 23.6 Å². The van der Waals surface area contributed by atoms with Crippen LogP contribution < -0.4 is 5.32 Å². The zero-order valence-corrected chi connectivity index (χ0v) is 16.2. The predicted octanol–water partition coefficient (Wildman–Crippen LogP) is 1.47. The van der Waals surface area contributed by atoms with Gasteiger partial charge in [0.1, 0.15) is 0 Å². The summed E-state index contributed by atoms with van der Waals surface area (Å²) in [6.45, 7) is 7.46. The molecule has 2 aliphatic heterocycles. The summed E-state index contributed by atoms with van der Waals surface area (Å²) in [5.41, 5.74) is 0. The molecule has 2 heterocycles. The van der Waals surface area contributed by atoms with E-state index in [9.17, 15) is 9.59 Å². The molecule has 1 aliphatic carbocycles. The highest BCUT2D eigenvalue weighted by Gasteiger charge is 2.39. The molecule has 0 unspecified atom stereocenters. The minimum atomic E-state index is 0.0268. The molecule has 3 aliphatic rings. The first kappa shape index (κ1) is 18.8. The quantitative estimate of drug-likeness (QED) is 0.816. The minimum Gasteiger partial charge on any atom is -0.340 e. The first-order chi connectivity index (χ1) is 12.2. The monoisotopic (exact) mass is 368 g/mol. The van der Waals surface area contributed by atoms with Crippen molar-refractivity contribution >= 4 is 23.7 Å². The molecule has 2 saturated heterocycles. The lowest BCUT2D eigenvalue weighted by molar-refractivity contribution is -0.139. The molecule has 3 amide bonds. The molecule has 1 N–H and O–H groups in total. The second kappa shape index (κ2) is 9.12. The van der Waals surface area contributed by atoms with Crippen molar-refractivity contribution in [2.75, 3.05) is 57.3 Å². The van der Waals surface area contributed by atoms with Crippen LogP contribution in [0.3, 0.4) is 0 Å². The van der Waals surface area contributed by atoms with Gasteiger partial charge in [-0.15, -0.1) is 0 Å². The van der Waals surface area contributed by atoms with Crippen LogP contribution in [0, 0.1) is 5.92 Å². The maximum atomic E-state index is 13.3. The summed E-state index contributed by atoms with van der Waals surface area (Å²) in [5.74, 6) is 2.97. The van der Waals surface area contributed by atoms with E-state index < -0.39 is 0 Å². The third-order valence-corrected chi connectivity index (χ3v) is 6.69. The van der Waals surface area contributed by atoms with Gasteiger partial charge in [0.2, 0.25) is 5.91 Å². The Morgan fingerprint density at radius 1 is 1.00 bits per heavy atom. The number of urea groups is 1. The van der Waals surface area contributed by atoms with Crippen molar-refractivity contribution in [2.24, 2.45) is 5.92 Å². The normalized spacial score (nSPS) is 24.4. The van der Waals surface area contributed by atoms with Crippen LogP contribution in [-0.2, 0) is 4.79 Å². The molecular weight excluding hydrogens is 336 g/mol. The van der Waals surface area contributed by atoms with Gasteiger partial charge in [-0.3, -0.25) is 9.69 Å². The number of rotatable bonds is 4. The van der Waals surface area contributed by atoms with Crippen LogP contribution in [0.2, 0.25) is 0 Å². The third kappa shape index (κ3) is 4.61. The fourth-order valence-corrected chi connectivity index (χ4v) is 5.27. The van der Waals surface area contributed by atoms with E-state index in [0.717, 1.165) is 50.8 Å². The van der Waals surface area contributed by atoms with Gasteiger partial charge < -0.3 is 15.1 Å². The van der Waals surface area contributed by atoms with Crippen molar-refractivity contribution in [3.8, 4) is 0 Å². The summed E-state index contributed by atoms with van der Waals surface area (Å²) in [6, 6.07) is 0.0564. The van der Waals surface area contributed by atoms with Crippen molar-refractivity contribution < 1.29 is 9.59 Å². The molecule has 1 saturated carbocycles. The topological polar surface area (TPSA) is 55.9 Å². The smallest absolute Gasteiger partial charge is 0.317 e. The number of piperazine rings is 1. The zero-order valence-electron chi connectivity index (χ0n) is 15.4. The lowest BCUT2D eigenvalue weighted by Crippen LogP contribution is -2.60. The Bertz CT molecular complexity index is 456. The van der Waals surface area contributed by atoms with Gasteiger partial charge in [-0.25, -0.2) is 4.79 Å². The number of amides is 3. The number of nitrogens with zero attached hydrogens (tertiary/aromatic N) is 3. The second-order valence-electron chi connectivity index (χ2n) is 7.29. The van der Waals surface area contributed by atoms with Gasteiger partial charge in [-0.2, -0.15) is 11.8 Å². The Morgan fingerprint density at radius 3 is 2.24 bits per heavy atom. The maximum absolute atomic E-state index is 13.3. The molecule has 3 rings (SSSR count). The molecule has 7 heteroatoms. The fraction of sp³-hybridized carbons (Fsp3) is 0.889. The lowest BCUT2D eigenvalue weighted by Gasteiger charge is -2.42. The largest absolute Gasteiger partial charge is 0.340 e. The van der Waals surface area contributed by atoms with Crippen LogP contribution >= 0.6 is 11.8 Å². The Labute approximate surface area is 155 Å². The highest BCUT2D eigenvalue weighted by Crippen LogP contribution is 2.32. The van der Waals surface area contributed by atoms with Gasteiger partial charge in [0.25, 0.3) is 0 Å². The highest BCUT2D eigenvalue weighted by atomic mass is 32.2. The van der Waals surface area contributed by atoms with E-state index in [-0.39, 0.29) is 12.1 Å². The summed E-state index contributed by atoms with van der Waals surface area (Å²) in [5, 5.41) is 2.88. The van der Waals surface area contributed by atoms with Crippen LogP contribution in [0.5, 0.6) is 0 Å². The Kier molecular flexibility index (Phi) is 6.87. The third-order valence-electron chi connectivity index (χ3n) is 5.74. The molecule has 3 fully saturated rings. The van der Waals surface area contributed by atoms with E-state index in [4.69, 9.17) is 0 Å². The van der Waals surface area contributed by atoms with Crippen LogP contribution in [0.25, 0.3) is 0 Å². The van der Waals surface area contributed by atoms with Crippen LogP contribution in [0.15, 0.2) is 0 Å². The molecule has 6 nitrogen and oxygen atoms in total. The molecule has 0 spiro atoms. The molecular formula is C18H32N4O2S. The molecule has 142 valence electrons. The maximum Gasteiger partial charge on any atom is 0.317 e. The van der Waals surface area contributed by atoms with Crippen LogP contribution in [0.1, 0.15) is 32.6 Å². The Hall–Kier alpha value is -0.950. The van der Waals surface area contributed by atoms with Gasteiger partial charge >= 0.3 is 6.03 Å². The van der Waals surface area contributed by atoms with E-state index in [1.54, 1.807) is 0 Å². The van der Waals surface area contributed by atoms with Crippen molar-refractivity contribution in [1.29, 1.82) is 0 Å². The molecule has 0 aromatic carbocycles. The average Bonchev–Trinajstić information content (AvgIpc) is 3.17. The summed E-state index contributed by atoms with van der Waals surface area (Å²) in [6.07, 6.45) is 4.86. The van der Waals surface area contributed by atoms with Gasteiger partial charge in [0.05, 0.1) is 6.04 Å². The second-order valence-corrected chi connectivity index (χ2v) is 8.51. The average molecular weight is 369 g/mol. The number of carbonyl (C=O) groups is 2. The first-order valence-electron chi connectivity index (χ1n) is 9.84. The molecule has 0 aromatic rings. The Balaban J connectivity index is 1.63. The molecule has 25 heavy (non-hydrogen) atoms. The standard InChI is InChI=1S/C18H32N4O2S/c1-2-19-18(24)22-9-7-20(8-10-22)16(15-5-3-4-6-15)17(23)21-11-13-25-14-12-21/h15-16H,2-14H2,1H3,(H,19,24)/t16-/m1/s1. The number of carbonyl (C=O) groups excluding carboxylic acids is 2. The molecule has 0 bridgehead atoms. The number of hydrogen-bond donors (Lipinski definition) is 1. The fourth-order valence-electron chi connectivity index (χ4n) is 4.37. The molecule has 0 aromatic heterocycles. The molecule has 1 atom stereocenters. The molecule has 0 radical (unpaired) electrons. The minimum absolute atomic E-state index is 0.0268. The Morgan fingerprint density at radius 2 is 1.64 bits per heavy atom. The number of nitrogens with one attached hydrogen (secondary N) is 1. The van der Waals surface area contributed by atoms with Crippen molar-refractivity contribution in [3.05, 3.63) is 0 Å². The predicted molar refractivity (Wildman–Crippen MR) is 102 cm³/mol. The van der Waals surface area contributed by atoms with Gasteiger partial charge in [0.15, 0.2) is 0 Å². The first-order valence-corrected chi connectivity index (χ1v) is 11.0. The van der Waals surface area contributed by atoms with Crippen molar-refractivity contribution in [1.82, 2.24) is 20.0 Å². The van der Waals surface area contributed by atoms with E-state index in [1.165, 1.54) is 25.7 Å². The van der Waals surface area contributed by atoms with Gasteiger partial charge in [-0.05, 0) is 25.7 Å². The van der Waals surface area contributed by atoms with E-state index in [0.29, 0.717) is 18.4 Å².